The van der Waals surface area contributed by atoms with Gasteiger partial charge in [-0.05, 0) is 49.9 Å². The van der Waals surface area contributed by atoms with Crippen LogP contribution in [-0.4, -0.2) is 9.59 Å². The molecule has 3 nitrogen and oxygen atoms in total. The van der Waals surface area contributed by atoms with Crippen LogP contribution in [0.3, 0.4) is 0 Å². The van der Waals surface area contributed by atoms with E-state index in [2.05, 4.69) is 54.7 Å². The molecule has 1 unspecified atom stereocenters. The van der Waals surface area contributed by atoms with Gasteiger partial charge >= 0.3 is 0 Å². The number of aryl methyl sites for hydroxylation is 3. The van der Waals surface area contributed by atoms with Gasteiger partial charge in [0.25, 0.3) is 0 Å². The number of benzene rings is 1. The minimum atomic E-state index is 0.275. The molecule has 2 aromatic rings. The minimum absolute atomic E-state index is 0.275. The number of hydrogen-bond donors (Lipinski definition) is 1. The standard InChI is InChI=1S/C13H17N3S/c1-8-5-10(3)12(6-9(8)2)11(4)15-13-7-14-16-17-13/h5-7,11,15H,1-4H3. The fraction of sp³-hybridized carbons (Fsp3) is 0.385. The third-order valence-corrected chi connectivity index (χ3v) is 3.66. The summed E-state index contributed by atoms with van der Waals surface area (Å²) in [5.74, 6) is 0. The van der Waals surface area contributed by atoms with Crippen LogP contribution >= 0.6 is 11.5 Å². The van der Waals surface area contributed by atoms with Gasteiger partial charge < -0.3 is 5.32 Å². The molecule has 0 aliphatic carbocycles. The summed E-state index contributed by atoms with van der Waals surface area (Å²) < 4.78 is 3.85. The maximum atomic E-state index is 3.85. The van der Waals surface area contributed by atoms with Crippen LogP contribution in [0.15, 0.2) is 18.3 Å². The molecule has 0 aliphatic rings. The van der Waals surface area contributed by atoms with E-state index in [-0.39, 0.29) is 6.04 Å². The van der Waals surface area contributed by atoms with Crippen molar-refractivity contribution in [3.8, 4) is 0 Å². The van der Waals surface area contributed by atoms with E-state index in [1.165, 1.54) is 33.8 Å². The van der Waals surface area contributed by atoms with Crippen molar-refractivity contribution in [3.05, 3.63) is 40.6 Å². The number of rotatable bonds is 3. The molecule has 1 aromatic heterocycles. The highest BCUT2D eigenvalue weighted by Crippen LogP contribution is 2.25. The molecule has 0 saturated heterocycles. The highest BCUT2D eigenvalue weighted by Gasteiger charge is 2.10. The molecular formula is C13H17N3S. The van der Waals surface area contributed by atoms with Gasteiger partial charge in [0.1, 0.15) is 5.00 Å². The molecule has 0 amide bonds. The molecule has 0 spiro atoms. The monoisotopic (exact) mass is 247 g/mol. The molecule has 1 heterocycles. The van der Waals surface area contributed by atoms with Gasteiger partial charge in [-0.1, -0.05) is 16.6 Å². The highest BCUT2D eigenvalue weighted by atomic mass is 32.1. The summed E-state index contributed by atoms with van der Waals surface area (Å²) in [6.45, 7) is 8.62. The maximum Gasteiger partial charge on any atom is 0.130 e. The summed E-state index contributed by atoms with van der Waals surface area (Å²) in [4.78, 5) is 0. The lowest BCUT2D eigenvalue weighted by molar-refractivity contribution is 0.874. The molecule has 0 radical (unpaired) electrons. The zero-order valence-corrected chi connectivity index (χ0v) is 11.4. The second-order valence-electron chi connectivity index (χ2n) is 4.44. The van der Waals surface area contributed by atoms with Crippen molar-refractivity contribution in [3.63, 3.8) is 0 Å². The normalized spacial score (nSPS) is 12.5. The van der Waals surface area contributed by atoms with E-state index in [9.17, 15) is 0 Å². The van der Waals surface area contributed by atoms with E-state index >= 15 is 0 Å². The fourth-order valence-electron chi connectivity index (χ4n) is 1.97. The third-order valence-electron chi connectivity index (χ3n) is 3.07. The van der Waals surface area contributed by atoms with Gasteiger partial charge in [-0.3, -0.25) is 0 Å². The molecule has 17 heavy (non-hydrogen) atoms. The van der Waals surface area contributed by atoms with Gasteiger partial charge in [0.05, 0.1) is 6.20 Å². The summed E-state index contributed by atoms with van der Waals surface area (Å²) in [6, 6.07) is 4.78. The van der Waals surface area contributed by atoms with Gasteiger partial charge in [0, 0.05) is 17.6 Å². The van der Waals surface area contributed by atoms with Crippen molar-refractivity contribution < 1.29 is 0 Å². The maximum absolute atomic E-state index is 3.85. The Balaban J connectivity index is 2.24. The predicted molar refractivity (Wildman–Crippen MR) is 72.6 cm³/mol. The second kappa shape index (κ2) is 4.84. The number of nitrogens with one attached hydrogen (secondary N) is 1. The average molecular weight is 247 g/mol. The molecule has 4 heteroatoms. The summed E-state index contributed by atoms with van der Waals surface area (Å²) in [5.41, 5.74) is 5.34. The average Bonchev–Trinajstić information content (AvgIpc) is 2.76. The van der Waals surface area contributed by atoms with Crippen LogP contribution in [0.2, 0.25) is 0 Å². The molecular weight excluding hydrogens is 230 g/mol. The Kier molecular flexibility index (Phi) is 3.43. The first-order valence-electron chi connectivity index (χ1n) is 5.69. The van der Waals surface area contributed by atoms with Crippen molar-refractivity contribution in [1.82, 2.24) is 9.59 Å². The van der Waals surface area contributed by atoms with Gasteiger partial charge in [-0.15, -0.1) is 5.10 Å². The van der Waals surface area contributed by atoms with Crippen molar-refractivity contribution in [2.75, 3.05) is 5.32 Å². The van der Waals surface area contributed by atoms with Crippen LogP contribution in [0.4, 0.5) is 5.00 Å². The lowest BCUT2D eigenvalue weighted by atomic mass is 9.97. The predicted octanol–water partition coefficient (Wildman–Crippen LogP) is 3.64. The largest absolute Gasteiger partial charge is 0.368 e. The zero-order chi connectivity index (χ0) is 12.4. The number of anilines is 1. The smallest absolute Gasteiger partial charge is 0.130 e. The first-order chi connectivity index (χ1) is 8.08. The van der Waals surface area contributed by atoms with Gasteiger partial charge in [0.15, 0.2) is 0 Å². The molecule has 0 aliphatic heterocycles. The Bertz CT molecular complexity index is 506. The van der Waals surface area contributed by atoms with E-state index in [1.54, 1.807) is 6.20 Å². The summed E-state index contributed by atoms with van der Waals surface area (Å²) >= 11 is 1.39. The van der Waals surface area contributed by atoms with Crippen molar-refractivity contribution in [1.29, 1.82) is 0 Å². The molecule has 0 saturated carbocycles. The van der Waals surface area contributed by atoms with E-state index in [0.717, 1.165) is 5.00 Å². The molecule has 1 N–H and O–H groups in total. The van der Waals surface area contributed by atoms with Crippen LogP contribution in [0.25, 0.3) is 0 Å². The number of aromatic nitrogens is 2. The van der Waals surface area contributed by atoms with Crippen LogP contribution in [-0.2, 0) is 0 Å². The number of nitrogens with zero attached hydrogens (tertiary/aromatic N) is 2. The lowest BCUT2D eigenvalue weighted by Gasteiger charge is -2.17. The third kappa shape index (κ3) is 2.64. The molecule has 0 fully saturated rings. The fourth-order valence-corrected chi connectivity index (χ4v) is 2.48. The molecule has 90 valence electrons. The number of hydrogen-bond acceptors (Lipinski definition) is 4. The van der Waals surface area contributed by atoms with Gasteiger partial charge in [-0.2, -0.15) is 0 Å². The Morgan fingerprint density at radius 2 is 1.82 bits per heavy atom. The van der Waals surface area contributed by atoms with E-state index < -0.39 is 0 Å². The Hall–Kier alpha value is -1.42. The molecule has 1 aromatic carbocycles. The quantitative estimate of drug-likeness (QED) is 0.900. The van der Waals surface area contributed by atoms with Gasteiger partial charge in [0.2, 0.25) is 0 Å². The van der Waals surface area contributed by atoms with E-state index in [1.807, 2.05) is 0 Å². The molecule has 1 atom stereocenters. The highest BCUT2D eigenvalue weighted by molar-refractivity contribution is 7.09. The Morgan fingerprint density at radius 3 is 2.47 bits per heavy atom. The van der Waals surface area contributed by atoms with E-state index in [0.29, 0.717) is 0 Å². The van der Waals surface area contributed by atoms with Crippen molar-refractivity contribution in [2.45, 2.75) is 33.7 Å². The van der Waals surface area contributed by atoms with Crippen LogP contribution < -0.4 is 5.32 Å². The van der Waals surface area contributed by atoms with Crippen LogP contribution in [0.5, 0.6) is 0 Å². The van der Waals surface area contributed by atoms with Gasteiger partial charge in [-0.25, -0.2) is 0 Å². The van der Waals surface area contributed by atoms with Crippen LogP contribution in [0.1, 0.15) is 35.2 Å². The second-order valence-corrected chi connectivity index (χ2v) is 5.23. The first-order valence-corrected chi connectivity index (χ1v) is 6.47. The summed E-state index contributed by atoms with van der Waals surface area (Å²) in [7, 11) is 0. The zero-order valence-electron chi connectivity index (χ0n) is 10.6. The van der Waals surface area contributed by atoms with E-state index in [4.69, 9.17) is 0 Å². The summed E-state index contributed by atoms with van der Waals surface area (Å²) in [5, 5.41) is 8.26. The lowest BCUT2D eigenvalue weighted by Crippen LogP contribution is -2.08. The van der Waals surface area contributed by atoms with Crippen molar-refractivity contribution in [2.24, 2.45) is 0 Å². The molecule has 0 bridgehead atoms. The minimum Gasteiger partial charge on any atom is -0.368 e. The Morgan fingerprint density at radius 1 is 1.12 bits per heavy atom. The first kappa shape index (κ1) is 12.0. The van der Waals surface area contributed by atoms with Crippen LogP contribution in [0, 0.1) is 20.8 Å². The Labute approximate surface area is 106 Å². The summed E-state index contributed by atoms with van der Waals surface area (Å²) in [6.07, 6.45) is 1.76. The molecule has 2 rings (SSSR count). The topological polar surface area (TPSA) is 37.8 Å². The SMILES string of the molecule is Cc1cc(C)c(C(C)Nc2cnns2)cc1C. The van der Waals surface area contributed by atoms with Crippen molar-refractivity contribution >= 4 is 16.5 Å².